The summed E-state index contributed by atoms with van der Waals surface area (Å²) in [5, 5.41) is 10.1. The molecule has 2 saturated heterocycles. The monoisotopic (exact) mass is 355 g/mol. The van der Waals surface area contributed by atoms with Gasteiger partial charge in [0.05, 0.1) is 17.9 Å². The second-order valence-electron chi connectivity index (χ2n) is 7.66. The number of furan rings is 1. The van der Waals surface area contributed by atoms with Crippen LogP contribution in [0.3, 0.4) is 0 Å². The molecule has 0 aliphatic carbocycles. The summed E-state index contributed by atoms with van der Waals surface area (Å²) in [5.74, 6) is -0.493. The molecule has 0 amide bonds. The fraction of sp³-hybridized carbons (Fsp3) is 0.500. The van der Waals surface area contributed by atoms with E-state index in [1.807, 2.05) is 18.3 Å². The highest BCUT2D eigenvalue weighted by atomic mass is 16.4. The number of hydrogen-bond donors (Lipinski definition) is 1. The smallest absolute Gasteiger partial charge is 0.311 e. The van der Waals surface area contributed by atoms with E-state index in [1.165, 1.54) is 0 Å². The van der Waals surface area contributed by atoms with E-state index >= 15 is 0 Å². The van der Waals surface area contributed by atoms with Crippen molar-refractivity contribution in [1.29, 1.82) is 0 Å². The van der Waals surface area contributed by atoms with Crippen molar-refractivity contribution in [1.82, 2.24) is 14.8 Å². The van der Waals surface area contributed by atoms with Crippen LogP contribution in [0.1, 0.15) is 24.0 Å². The first-order valence-corrected chi connectivity index (χ1v) is 9.24. The Hall–Kier alpha value is -2.18. The number of likely N-dealkylation sites (tertiary alicyclic amines) is 2. The average Bonchev–Trinajstić information content (AvgIpc) is 3.21. The zero-order valence-electron chi connectivity index (χ0n) is 14.9. The quantitative estimate of drug-likeness (QED) is 0.889. The SMILES string of the molecule is O=C(O)[C@]12CCCN(Cc3ccoc3)C[C@H]1CN(Cc1cccnc1)C2. The van der Waals surface area contributed by atoms with Gasteiger partial charge in [-0.25, -0.2) is 0 Å². The van der Waals surface area contributed by atoms with Crippen LogP contribution in [0.4, 0.5) is 0 Å². The minimum absolute atomic E-state index is 0.145. The van der Waals surface area contributed by atoms with Crippen LogP contribution in [0.15, 0.2) is 47.5 Å². The van der Waals surface area contributed by atoms with Crippen LogP contribution in [-0.2, 0) is 17.9 Å². The molecule has 0 radical (unpaired) electrons. The third-order valence-electron chi connectivity index (χ3n) is 5.88. The van der Waals surface area contributed by atoms with Crippen molar-refractivity contribution < 1.29 is 14.3 Å². The standard InChI is InChI=1S/C20H25N3O3/c24-19(25)20-5-2-7-22(11-17-4-8-26-14-17)12-18(20)13-23(15-20)10-16-3-1-6-21-9-16/h1,3-4,6,8-9,14,18H,2,5,7,10-13,15H2,(H,24,25)/t18-,20-/m0/s1. The zero-order chi connectivity index (χ0) is 18.0. The highest BCUT2D eigenvalue weighted by molar-refractivity contribution is 5.76. The molecule has 0 aromatic carbocycles. The number of aliphatic carboxylic acids is 1. The van der Waals surface area contributed by atoms with Crippen LogP contribution in [0.2, 0.25) is 0 Å². The molecule has 2 atom stereocenters. The molecule has 0 spiro atoms. The van der Waals surface area contributed by atoms with Gasteiger partial charge in [-0.15, -0.1) is 0 Å². The van der Waals surface area contributed by atoms with E-state index in [1.54, 1.807) is 18.7 Å². The van der Waals surface area contributed by atoms with Gasteiger partial charge < -0.3 is 9.52 Å². The first kappa shape index (κ1) is 17.2. The molecule has 0 saturated carbocycles. The van der Waals surface area contributed by atoms with Crippen LogP contribution in [0, 0.1) is 11.3 Å². The van der Waals surface area contributed by atoms with Gasteiger partial charge in [0.15, 0.2) is 0 Å². The molecule has 2 aliphatic heterocycles. The van der Waals surface area contributed by atoms with Crippen LogP contribution in [0.25, 0.3) is 0 Å². The number of aromatic nitrogens is 1. The van der Waals surface area contributed by atoms with Gasteiger partial charge in [-0.05, 0) is 37.1 Å². The highest BCUT2D eigenvalue weighted by Gasteiger charge is 2.53. The molecular weight excluding hydrogens is 330 g/mol. The topological polar surface area (TPSA) is 69.8 Å². The molecule has 4 heterocycles. The fourth-order valence-corrected chi connectivity index (χ4v) is 4.62. The van der Waals surface area contributed by atoms with Gasteiger partial charge in [-0.3, -0.25) is 19.6 Å². The number of carbonyl (C=O) groups is 1. The molecule has 4 rings (SSSR count). The lowest BCUT2D eigenvalue weighted by molar-refractivity contribution is -0.151. The van der Waals surface area contributed by atoms with E-state index in [0.29, 0.717) is 6.54 Å². The molecule has 6 heteroatoms. The van der Waals surface area contributed by atoms with Crippen LogP contribution in [-0.4, -0.2) is 52.0 Å². The van der Waals surface area contributed by atoms with E-state index in [-0.39, 0.29) is 5.92 Å². The average molecular weight is 355 g/mol. The number of nitrogens with zero attached hydrogens (tertiary/aromatic N) is 3. The maximum Gasteiger partial charge on any atom is 0.311 e. The predicted octanol–water partition coefficient (Wildman–Crippen LogP) is 2.47. The lowest BCUT2D eigenvalue weighted by atomic mass is 9.75. The molecular formula is C20H25N3O3. The van der Waals surface area contributed by atoms with Crippen LogP contribution in [0.5, 0.6) is 0 Å². The lowest BCUT2D eigenvalue weighted by Gasteiger charge is -2.29. The third-order valence-corrected chi connectivity index (χ3v) is 5.88. The summed E-state index contributed by atoms with van der Waals surface area (Å²) < 4.78 is 5.18. The van der Waals surface area contributed by atoms with Crippen molar-refractivity contribution in [2.24, 2.45) is 11.3 Å². The van der Waals surface area contributed by atoms with E-state index in [2.05, 4.69) is 20.9 Å². The Kier molecular flexibility index (Phi) is 4.78. The van der Waals surface area contributed by atoms with Crippen LogP contribution < -0.4 is 0 Å². The fourth-order valence-electron chi connectivity index (χ4n) is 4.62. The molecule has 0 bridgehead atoms. The summed E-state index contributed by atoms with van der Waals surface area (Å²) in [6.45, 7) is 4.80. The summed E-state index contributed by atoms with van der Waals surface area (Å²) in [6, 6.07) is 5.97. The van der Waals surface area contributed by atoms with E-state index < -0.39 is 11.4 Å². The Morgan fingerprint density at radius 1 is 1.27 bits per heavy atom. The number of carboxylic acid groups (broad SMARTS) is 1. The number of fused-ring (bicyclic) bond motifs is 1. The summed E-state index contributed by atoms with van der Waals surface area (Å²) in [6.07, 6.45) is 8.77. The minimum atomic E-state index is -0.638. The largest absolute Gasteiger partial charge is 0.481 e. The molecule has 138 valence electrons. The third kappa shape index (κ3) is 3.39. The lowest BCUT2D eigenvalue weighted by Crippen LogP contribution is -2.41. The van der Waals surface area contributed by atoms with E-state index in [4.69, 9.17) is 4.42 Å². The van der Waals surface area contributed by atoms with Crippen molar-refractivity contribution in [3.63, 3.8) is 0 Å². The van der Waals surface area contributed by atoms with Crippen LogP contribution >= 0.6 is 0 Å². The molecule has 2 fully saturated rings. The van der Waals surface area contributed by atoms with Crippen molar-refractivity contribution in [2.75, 3.05) is 26.2 Å². The molecule has 2 aliphatic rings. The van der Waals surface area contributed by atoms with Crippen molar-refractivity contribution in [3.05, 3.63) is 54.2 Å². The Morgan fingerprint density at radius 3 is 2.85 bits per heavy atom. The Bertz CT molecular complexity index is 734. The van der Waals surface area contributed by atoms with Gasteiger partial charge in [-0.1, -0.05) is 6.07 Å². The maximum absolute atomic E-state index is 12.3. The summed E-state index contributed by atoms with van der Waals surface area (Å²) in [4.78, 5) is 21.1. The number of carboxylic acids is 1. The summed E-state index contributed by atoms with van der Waals surface area (Å²) in [5.41, 5.74) is 1.66. The number of pyridine rings is 1. The second-order valence-corrected chi connectivity index (χ2v) is 7.66. The first-order chi connectivity index (χ1) is 12.7. The Labute approximate surface area is 153 Å². The predicted molar refractivity (Wildman–Crippen MR) is 96.3 cm³/mol. The molecule has 6 nitrogen and oxygen atoms in total. The van der Waals surface area contributed by atoms with Gasteiger partial charge in [0, 0.05) is 56.6 Å². The Morgan fingerprint density at radius 2 is 2.12 bits per heavy atom. The van der Waals surface area contributed by atoms with Crippen molar-refractivity contribution in [3.8, 4) is 0 Å². The van der Waals surface area contributed by atoms with Gasteiger partial charge in [0.25, 0.3) is 0 Å². The maximum atomic E-state index is 12.3. The molecule has 2 aromatic rings. The molecule has 2 aromatic heterocycles. The van der Waals surface area contributed by atoms with Gasteiger partial charge in [0.1, 0.15) is 0 Å². The molecule has 1 N–H and O–H groups in total. The van der Waals surface area contributed by atoms with E-state index in [9.17, 15) is 9.90 Å². The molecule has 26 heavy (non-hydrogen) atoms. The summed E-state index contributed by atoms with van der Waals surface area (Å²) >= 11 is 0. The van der Waals surface area contributed by atoms with Gasteiger partial charge in [-0.2, -0.15) is 0 Å². The number of hydrogen-bond acceptors (Lipinski definition) is 5. The second kappa shape index (κ2) is 7.21. The zero-order valence-corrected chi connectivity index (χ0v) is 14.9. The normalized spacial score (nSPS) is 27.2. The van der Waals surface area contributed by atoms with Gasteiger partial charge in [0.2, 0.25) is 0 Å². The van der Waals surface area contributed by atoms with Crippen molar-refractivity contribution in [2.45, 2.75) is 25.9 Å². The molecule has 0 unspecified atom stereocenters. The minimum Gasteiger partial charge on any atom is -0.481 e. The van der Waals surface area contributed by atoms with Gasteiger partial charge >= 0.3 is 5.97 Å². The van der Waals surface area contributed by atoms with Crippen molar-refractivity contribution >= 4 is 5.97 Å². The van der Waals surface area contributed by atoms with E-state index in [0.717, 1.165) is 56.7 Å². The summed E-state index contributed by atoms with van der Waals surface area (Å²) in [7, 11) is 0. The first-order valence-electron chi connectivity index (χ1n) is 9.24. The Balaban J connectivity index is 1.50. The highest BCUT2D eigenvalue weighted by Crippen LogP contribution is 2.43. The number of rotatable bonds is 5.